The van der Waals surface area contributed by atoms with Gasteiger partial charge in [-0.15, -0.1) is 5.10 Å². The summed E-state index contributed by atoms with van der Waals surface area (Å²) in [4.78, 5) is 29.5. The third kappa shape index (κ3) is 3.41. The number of carbonyl (C=O) groups excluding carboxylic acids is 1. The molecule has 0 fully saturated rings. The molecule has 1 aliphatic heterocycles. The van der Waals surface area contributed by atoms with E-state index in [9.17, 15) is 9.59 Å². The summed E-state index contributed by atoms with van der Waals surface area (Å²) in [6.07, 6.45) is 1.30. The lowest BCUT2D eigenvalue weighted by atomic mass is 10.3. The molecule has 0 unspecified atom stereocenters. The highest BCUT2D eigenvalue weighted by atomic mass is 16.7. The first kappa shape index (κ1) is 18.6. The van der Waals surface area contributed by atoms with E-state index in [1.54, 1.807) is 49.6 Å². The number of nitrogens with one attached hydrogen (secondary N) is 1. The van der Waals surface area contributed by atoms with Gasteiger partial charge in [-0.05, 0) is 36.4 Å². The summed E-state index contributed by atoms with van der Waals surface area (Å²) >= 11 is 0. The van der Waals surface area contributed by atoms with Gasteiger partial charge in [0.1, 0.15) is 18.6 Å². The number of nitrogens with zero attached hydrogens (tertiary/aromatic N) is 5. The van der Waals surface area contributed by atoms with Gasteiger partial charge >= 0.3 is 0 Å². The van der Waals surface area contributed by atoms with Gasteiger partial charge < -0.3 is 19.5 Å². The monoisotopic (exact) mass is 420 g/mol. The topological polar surface area (TPSA) is 122 Å². The highest BCUT2D eigenvalue weighted by molar-refractivity contribution is 5.91. The van der Waals surface area contributed by atoms with Crippen molar-refractivity contribution in [2.45, 2.75) is 6.54 Å². The fourth-order valence-corrected chi connectivity index (χ4v) is 3.18. The number of benzene rings is 2. The van der Waals surface area contributed by atoms with E-state index in [0.29, 0.717) is 34.3 Å². The molecule has 0 atom stereocenters. The van der Waals surface area contributed by atoms with Gasteiger partial charge in [0, 0.05) is 11.8 Å². The van der Waals surface area contributed by atoms with E-state index in [4.69, 9.17) is 14.2 Å². The van der Waals surface area contributed by atoms with E-state index < -0.39 is 11.5 Å². The van der Waals surface area contributed by atoms with Crippen molar-refractivity contribution in [3.8, 4) is 22.9 Å². The first-order valence-electron chi connectivity index (χ1n) is 9.27. The Bertz CT molecular complexity index is 1340. The lowest BCUT2D eigenvalue weighted by Gasteiger charge is -2.08. The largest absolute Gasteiger partial charge is 0.497 e. The molecule has 4 aromatic rings. The summed E-state index contributed by atoms with van der Waals surface area (Å²) in [5.41, 5.74) is 1.10. The molecule has 0 aliphatic carbocycles. The van der Waals surface area contributed by atoms with Crippen molar-refractivity contribution in [1.29, 1.82) is 0 Å². The van der Waals surface area contributed by atoms with E-state index in [1.807, 2.05) is 0 Å². The van der Waals surface area contributed by atoms with E-state index in [-0.39, 0.29) is 18.9 Å². The summed E-state index contributed by atoms with van der Waals surface area (Å²) in [6.45, 7) is -0.0867. The summed E-state index contributed by atoms with van der Waals surface area (Å²) < 4.78 is 18.3. The molecule has 0 radical (unpaired) electrons. The minimum atomic E-state index is -0.467. The maximum absolute atomic E-state index is 12.8. The van der Waals surface area contributed by atoms with Crippen molar-refractivity contribution in [2.24, 2.45) is 0 Å². The van der Waals surface area contributed by atoms with Gasteiger partial charge in [-0.25, -0.2) is 4.98 Å². The van der Waals surface area contributed by atoms with Crippen molar-refractivity contribution in [2.75, 3.05) is 19.2 Å². The highest BCUT2D eigenvalue weighted by Gasteiger charge is 2.17. The molecule has 0 bridgehead atoms. The fourth-order valence-electron chi connectivity index (χ4n) is 3.18. The first-order chi connectivity index (χ1) is 15.1. The maximum atomic E-state index is 12.8. The van der Waals surface area contributed by atoms with Crippen molar-refractivity contribution >= 4 is 22.8 Å². The highest BCUT2D eigenvalue weighted by Crippen LogP contribution is 2.34. The van der Waals surface area contributed by atoms with Crippen LogP contribution in [0.5, 0.6) is 17.2 Å². The average molecular weight is 420 g/mol. The fraction of sp³-hybridized carbons (Fsp3) is 0.150. The van der Waals surface area contributed by atoms with Gasteiger partial charge in [0.05, 0.1) is 12.8 Å². The Morgan fingerprint density at radius 2 is 1.97 bits per heavy atom. The van der Waals surface area contributed by atoms with Crippen molar-refractivity contribution < 1.29 is 19.0 Å². The lowest BCUT2D eigenvalue weighted by Crippen LogP contribution is -2.28. The Morgan fingerprint density at radius 1 is 1.16 bits per heavy atom. The SMILES string of the molecule is COc1ccc(-n2nnc3c(=O)n(CC(=O)Nc4ccc5c(c4)OCO5)cnc32)cc1. The zero-order valence-corrected chi connectivity index (χ0v) is 16.3. The van der Waals surface area contributed by atoms with Crippen LogP contribution in [0.2, 0.25) is 0 Å². The predicted octanol–water partition coefficient (Wildman–Crippen LogP) is 1.35. The molecule has 1 N–H and O–H groups in total. The number of fused-ring (bicyclic) bond motifs is 2. The quantitative estimate of drug-likeness (QED) is 0.513. The lowest BCUT2D eigenvalue weighted by molar-refractivity contribution is -0.116. The second kappa shape index (κ2) is 7.44. The molecule has 1 amide bonds. The van der Waals surface area contributed by atoms with E-state index in [1.165, 1.54) is 15.6 Å². The Kier molecular flexibility index (Phi) is 4.47. The van der Waals surface area contributed by atoms with Gasteiger partial charge in [0.25, 0.3) is 5.56 Å². The zero-order chi connectivity index (χ0) is 21.4. The predicted molar refractivity (Wildman–Crippen MR) is 109 cm³/mol. The number of ether oxygens (including phenoxy) is 3. The molecule has 5 rings (SSSR count). The number of carbonyl (C=O) groups is 1. The Labute approximate surface area is 174 Å². The number of methoxy groups -OCH3 is 1. The Morgan fingerprint density at radius 3 is 2.77 bits per heavy atom. The van der Waals surface area contributed by atoms with Crippen LogP contribution < -0.4 is 25.1 Å². The molecule has 156 valence electrons. The minimum Gasteiger partial charge on any atom is -0.497 e. The van der Waals surface area contributed by atoms with Gasteiger partial charge in [-0.2, -0.15) is 4.68 Å². The van der Waals surface area contributed by atoms with Crippen LogP contribution in [0, 0.1) is 0 Å². The first-order valence-corrected chi connectivity index (χ1v) is 9.27. The van der Waals surface area contributed by atoms with Crippen LogP contribution in [0.3, 0.4) is 0 Å². The number of rotatable bonds is 5. The van der Waals surface area contributed by atoms with Gasteiger partial charge in [-0.3, -0.25) is 14.2 Å². The van der Waals surface area contributed by atoms with Crippen LogP contribution in [0.1, 0.15) is 0 Å². The standard InChI is InChI=1S/C20H16N6O5/c1-29-14-5-3-13(4-6-14)26-19-18(23-24-26)20(28)25(10-21-19)9-17(27)22-12-2-7-15-16(8-12)31-11-30-15/h2-8,10H,9,11H2,1H3,(H,22,27). The smallest absolute Gasteiger partial charge is 0.284 e. The molecular weight excluding hydrogens is 404 g/mol. The van der Waals surface area contributed by atoms with E-state index in [0.717, 1.165) is 0 Å². The van der Waals surface area contributed by atoms with Crippen molar-refractivity contribution in [3.63, 3.8) is 0 Å². The van der Waals surface area contributed by atoms with Crippen LogP contribution in [0.25, 0.3) is 16.9 Å². The molecule has 1 aliphatic rings. The second-order valence-corrected chi connectivity index (χ2v) is 6.67. The molecule has 2 aromatic carbocycles. The zero-order valence-electron chi connectivity index (χ0n) is 16.3. The van der Waals surface area contributed by atoms with Crippen LogP contribution in [-0.4, -0.2) is 44.4 Å². The van der Waals surface area contributed by atoms with Gasteiger partial charge in [-0.1, -0.05) is 5.21 Å². The second-order valence-electron chi connectivity index (χ2n) is 6.67. The molecule has 11 heteroatoms. The Hall–Kier alpha value is -4.41. The number of aromatic nitrogens is 5. The molecule has 2 aromatic heterocycles. The molecular formula is C20H16N6O5. The summed E-state index contributed by atoms with van der Waals surface area (Å²) in [6, 6.07) is 12.1. The average Bonchev–Trinajstić information content (AvgIpc) is 3.43. The number of hydrogen-bond donors (Lipinski definition) is 1. The van der Waals surface area contributed by atoms with Crippen LogP contribution >= 0.6 is 0 Å². The maximum Gasteiger partial charge on any atom is 0.284 e. The third-order valence-electron chi connectivity index (χ3n) is 4.72. The molecule has 0 saturated carbocycles. The van der Waals surface area contributed by atoms with Crippen LogP contribution in [0.15, 0.2) is 53.6 Å². The summed E-state index contributed by atoms with van der Waals surface area (Å²) in [5, 5.41) is 10.7. The molecule has 31 heavy (non-hydrogen) atoms. The third-order valence-corrected chi connectivity index (χ3v) is 4.72. The summed E-state index contributed by atoms with van der Waals surface area (Å²) in [5.74, 6) is 1.46. The Balaban J connectivity index is 1.37. The summed E-state index contributed by atoms with van der Waals surface area (Å²) in [7, 11) is 1.58. The van der Waals surface area contributed by atoms with E-state index >= 15 is 0 Å². The van der Waals surface area contributed by atoms with Crippen molar-refractivity contribution in [1.82, 2.24) is 24.5 Å². The van der Waals surface area contributed by atoms with Gasteiger partial charge in [0.2, 0.25) is 12.7 Å². The van der Waals surface area contributed by atoms with Crippen LogP contribution in [0.4, 0.5) is 5.69 Å². The molecule has 0 spiro atoms. The van der Waals surface area contributed by atoms with Gasteiger partial charge in [0.15, 0.2) is 22.7 Å². The molecule has 3 heterocycles. The number of anilines is 1. The number of hydrogen-bond acceptors (Lipinski definition) is 8. The molecule has 11 nitrogen and oxygen atoms in total. The normalized spacial score (nSPS) is 12.2. The van der Waals surface area contributed by atoms with Crippen LogP contribution in [-0.2, 0) is 11.3 Å². The van der Waals surface area contributed by atoms with E-state index in [2.05, 4.69) is 20.6 Å². The number of amides is 1. The minimum absolute atomic E-state index is 0.0641. The van der Waals surface area contributed by atoms with Crippen molar-refractivity contribution in [3.05, 3.63) is 59.1 Å². The molecule has 0 saturated heterocycles.